The molecule has 9 heteroatoms. The molecule has 0 spiro atoms. The van der Waals surface area contributed by atoms with Crippen molar-refractivity contribution in [1.29, 1.82) is 0 Å². The molecule has 0 saturated heterocycles. The Balaban J connectivity index is 1.40. The standard InChI is InChI=1S/C29H37N5O4/c1-29(2,3)38-28(36)31-13-7-9-23(35)20-14-21-25(24(16-20)37-5)33(4)27(32-21)22-15-19-8-6-12-30-26(19)34(22)17-18-10-11-18/h6,8,12,14-16,18,23,35H,7,9-11,13,17H2,1-5H3,(H,31,36). The molecule has 1 amide bonds. The van der Waals surface area contributed by atoms with Crippen molar-refractivity contribution in [3.05, 3.63) is 42.1 Å². The summed E-state index contributed by atoms with van der Waals surface area (Å²) >= 11 is 0. The number of imidazole rings is 1. The normalized spacial score (nSPS) is 14.7. The van der Waals surface area contributed by atoms with Gasteiger partial charge >= 0.3 is 6.09 Å². The second-order valence-corrected chi connectivity index (χ2v) is 11.2. The number of aromatic nitrogens is 4. The molecule has 1 unspecified atom stereocenters. The van der Waals surface area contributed by atoms with Gasteiger partial charge in [-0.1, -0.05) is 0 Å². The Hall–Kier alpha value is -3.59. The first-order chi connectivity index (χ1) is 18.1. The number of carbonyl (C=O) groups excluding carboxylic acids is 1. The summed E-state index contributed by atoms with van der Waals surface area (Å²) in [5, 5.41) is 14.8. The summed E-state index contributed by atoms with van der Waals surface area (Å²) in [5.41, 5.74) is 3.84. The number of methoxy groups -OCH3 is 1. The Morgan fingerprint density at radius 3 is 2.76 bits per heavy atom. The molecular weight excluding hydrogens is 482 g/mol. The molecule has 0 radical (unpaired) electrons. The van der Waals surface area contributed by atoms with Gasteiger partial charge in [0.1, 0.15) is 22.5 Å². The molecule has 3 aromatic heterocycles. The van der Waals surface area contributed by atoms with E-state index in [4.69, 9.17) is 14.5 Å². The first-order valence-corrected chi connectivity index (χ1v) is 13.3. The molecule has 1 saturated carbocycles. The van der Waals surface area contributed by atoms with Crippen LogP contribution in [0.2, 0.25) is 0 Å². The molecule has 2 N–H and O–H groups in total. The second-order valence-electron chi connectivity index (χ2n) is 11.2. The molecule has 38 heavy (non-hydrogen) atoms. The molecule has 0 bridgehead atoms. The summed E-state index contributed by atoms with van der Waals surface area (Å²) in [5.74, 6) is 2.18. The average molecular weight is 520 g/mol. The number of nitrogens with zero attached hydrogens (tertiary/aromatic N) is 4. The monoisotopic (exact) mass is 519 g/mol. The zero-order valence-electron chi connectivity index (χ0n) is 22.8. The third-order valence-corrected chi connectivity index (χ3v) is 6.91. The van der Waals surface area contributed by atoms with Crippen LogP contribution >= 0.6 is 0 Å². The van der Waals surface area contributed by atoms with Gasteiger partial charge < -0.3 is 29.0 Å². The van der Waals surface area contributed by atoms with E-state index in [-0.39, 0.29) is 0 Å². The van der Waals surface area contributed by atoms with Crippen molar-refractivity contribution in [2.75, 3.05) is 13.7 Å². The van der Waals surface area contributed by atoms with Gasteiger partial charge in [0.05, 0.1) is 24.4 Å². The fourth-order valence-corrected chi connectivity index (χ4v) is 4.89. The lowest BCUT2D eigenvalue weighted by molar-refractivity contribution is 0.0523. The Morgan fingerprint density at radius 2 is 2.05 bits per heavy atom. The van der Waals surface area contributed by atoms with E-state index in [1.807, 2.05) is 52.2 Å². The topological polar surface area (TPSA) is 103 Å². The van der Waals surface area contributed by atoms with Gasteiger partial charge in [0.2, 0.25) is 0 Å². The van der Waals surface area contributed by atoms with E-state index in [2.05, 4.69) is 31.6 Å². The zero-order chi connectivity index (χ0) is 27.0. The predicted molar refractivity (Wildman–Crippen MR) is 147 cm³/mol. The number of amides is 1. The van der Waals surface area contributed by atoms with Crippen molar-refractivity contribution in [3.8, 4) is 17.3 Å². The van der Waals surface area contributed by atoms with Gasteiger partial charge in [0, 0.05) is 31.7 Å². The second kappa shape index (κ2) is 10.3. The van der Waals surface area contributed by atoms with Crippen molar-refractivity contribution >= 4 is 28.2 Å². The average Bonchev–Trinajstić information content (AvgIpc) is 3.54. The number of aliphatic hydroxyl groups excluding tert-OH is 1. The lowest BCUT2D eigenvalue weighted by Gasteiger charge is -2.20. The lowest BCUT2D eigenvalue weighted by Crippen LogP contribution is -2.33. The van der Waals surface area contributed by atoms with Gasteiger partial charge in [-0.15, -0.1) is 0 Å². The van der Waals surface area contributed by atoms with Crippen molar-refractivity contribution in [3.63, 3.8) is 0 Å². The number of benzene rings is 1. The van der Waals surface area contributed by atoms with Crippen LogP contribution in [0, 0.1) is 5.92 Å². The van der Waals surface area contributed by atoms with Crippen LogP contribution in [0.15, 0.2) is 36.5 Å². The summed E-state index contributed by atoms with van der Waals surface area (Å²) in [6, 6.07) is 10.0. The van der Waals surface area contributed by atoms with Gasteiger partial charge in [-0.05, 0) is 88.3 Å². The van der Waals surface area contributed by atoms with Crippen LogP contribution < -0.4 is 10.1 Å². The number of ether oxygens (including phenoxy) is 2. The number of nitrogens with one attached hydrogen (secondary N) is 1. The summed E-state index contributed by atoms with van der Waals surface area (Å²) in [6.07, 6.45) is 4.24. The highest BCUT2D eigenvalue weighted by Crippen LogP contribution is 2.38. The van der Waals surface area contributed by atoms with E-state index < -0.39 is 17.8 Å². The molecule has 9 nitrogen and oxygen atoms in total. The van der Waals surface area contributed by atoms with Crippen molar-refractivity contribution in [2.45, 2.75) is 64.7 Å². The number of carbonyl (C=O) groups is 1. The maximum Gasteiger partial charge on any atom is 0.407 e. The van der Waals surface area contributed by atoms with Crippen LogP contribution in [-0.2, 0) is 18.3 Å². The summed E-state index contributed by atoms with van der Waals surface area (Å²) in [7, 11) is 3.63. The smallest absolute Gasteiger partial charge is 0.407 e. The molecule has 0 aliphatic heterocycles. The van der Waals surface area contributed by atoms with Gasteiger partial charge in [0.15, 0.2) is 5.82 Å². The molecule has 1 atom stereocenters. The molecule has 3 heterocycles. The Labute approximate surface area is 222 Å². The van der Waals surface area contributed by atoms with Crippen molar-refractivity contribution < 1.29 is 19.4 Å². The molecule has 5 rings (SSSR count). The van der Waals surface area contributed by atoms with Crippen LogP contribution in [0.25, 0.3) is 33.6 Å². The maximum atomic E-state index is 11.9. The van der Waals surface area contributed by atoms with Crippen LogP contribution in [0.5, 0.6) is 5.75 Å². The first-order valence-electron chi connectivity index (χ1n) is 13.3. The quantitative estimate of drug-likeness (QED) is 0.289. The Bertz CT molecular complexity index is 1460. The minimum absolute atomic E-state index is 0.415. The van der Waals surface area contributed by atoms with E-state index in [0.717, 1.165) is 45.7 Å². The number of aliphatic hydroxyl groups is 1. The Kier molecular flexibility index (Phi) is 7.05. The lowest BCUT2D eigenvalue weighted by atomic mass is 10.0. The number of hydrogen-bond donors (Lipinski definition) is 2. The van der Waals surface area contributed by atoms with Crippen molar-refractivity contribution in [2.24, 2.45) is 13.0 Å². The minimum atomic E-state index is -0.718. The molecule has 1 fully saturated rings. The van der Waals surface area contributed by atoms with E-state index in [9.17, 15) is 9.90 Å². The predicted octanol–water partition coefficient (Wildman–Crippen LogP) is 5.35. The van der Waals surface area contributed by atoms with Gasteiger partial charge in [-0.3, -0.25) is 0 Å². The number of alkyl carbamates (subject to hydrolysis) is 1. The Morgan fingerprint density at radius 1 is 1.26 bits per heavy atom. The van der Waals surface area contributed by atoms with Crippen molar-refractivity contribution in [1.82, 2.24) is 24.4 Å². The third kappa shape index (κ3) is 5.48. The maximum absolute atomic E-state index is 11.9. The fraction of sp³-hybridized carbons (Fsp3) is 0.483. The number of fused-ring (bicyclic) bond motifs is 2. The first kappa shape index (κ1) is 26.0. The fourth-order valence-electron chi connectivity index (χ4n) is 4.89. The van der Waals surface area contributed by atoms with Gasteiger partial charge in [-0.2, -0.15) is 0 Å². The zero-order valence-corrected chi connectivity index (χ0v) is 22.8. The van der Waals surface area contributed by atoms with Crippen LogP contribution in [-0.4, -0.2) is 49.6 Å². The summed E-state index contributed by atoms with van der Waals surface area (Å²) in [6.45, 7) is 6.82. The molecule has 1 aromatic carbocycles. The van der Waals surface area contributed by atoms with Crippen LogP contribution in [0.3, 0.4) is 0 Å². The summed E-state index contributed by atoms with van der Waals surface area (Å²) < 4.78 is 15.4. The minimum Gasteiger partial charge on any atom is -0.494 e. The SMILES string of the molecule is COc1cc(C(O)CCCNC(=O)OC(C)(C)C)cc2nc(-c3cc4cccnc4n3CC3CC3)n(C)c12. The summed E-state index contributed by atoms with van der Waals surface area (Å²) in [4.78, 5) is 21.6. The molecule has 202 valence electrons. The molecule has 4 aromatic rings. The van der Waals surface area contributed by atoms with E-state index in [0.29, 0.717) is 31.1 Å². The molecule has 1 aliphatic rings. The van der Waals surface area contributed by atoms with E-state index in [1.54, 1.807) is 7.11 Å². The number of aryl methyl sites for hydroxylation is 1. The molecular formula is C29H37N5O4. The van der Waals surface area contributed by atoms with Gasteiger partial charge in [0.25, 0.3) is 0 Å². The highest BCUT2D eigenvalue weighted by molar-refractivity contribution is 5.89. The van der Waals surface area contributed by atoms with E-state index in [1.165, 1.54) is 12.8 Å². The van der Waals surface area contributed by atoms with Crippen LogP contribution in [0.4, 0.5) is 4.79 Å². The molecule has 1 aliphatic carbocycles. The largest absolute Gasteiger partial charge is 0.494 e. The highest BCUT2D eigenvalue weighted by atomic mass is 16.6. The number of hydrogen-bond acceptors (Lipinski definition) is 6. The number of pyridine rings is 1. The highest BCUT2D eigenvalue weighted by Gasteiger charge is 2.26. The van der Waals surface area contributed by atoms with Crippen LogP contribution in [0.1, 0.15) is 58.1 Å². The third-order valence-electron chi connectivity index (χ3n) is 6.91. The number of rotatable bonds is 9. The van der Waals surface area contributed by atoms with Gasteiger partial charge in [-0.25, -0.2) is 14.8 Å². The van der Waals surface area contributed by atoms with E-state index >= 15 is 0 Å².